The summed E-state index contributed by atoms with van der Waals surface area (Å²) >= 11 is 0. The molecule has 1 fully saturated rings. The van der Waals surface area contributed by atoms with Crippen LogP contribution in [0.4, 0.5) is 11.4 Å². The molecule has 0 spiro atoms. The summed E-state index contributed by atoms with van der Waals surface area (Å²) in [6, 6.07) is 13.6. The fourth-order valence-corrected chi connectivity index (χ4v) is 2.85. The Bertz CT molecular complexity index is 619. The van der Waals surface area contributed by atoms with Crippen molar-refractivity contribution in [2.75, 3.05) is 37.7 Å². The summed E-state index contributed by atoms with van der Waals surface area (Å²) in [7, 11) is 0. The van der Waals surface area contributed by atoms with Crippen molar-refractivity contribution in [2.24, 2.45) is 0 Å². The van der Waals surface area contributed by atoms with E-state index >= 15 is 0 Å². The van der Waals surface area contributed by atoms with Crippen LogP contribution in [0.1, 0.15) is 12.8 Å². The lowest BCUT2D eigenvalue weighted by Gasteiger charge is -2.15. The van der Waals surface area contributed by atoms with Gasteiger partial charge in [-0.25, -0.2) is 0 Å². The predicted octanol–water partition coefficient (Wildman–Crippen LogP) is 2.99. The average Bonchev–Trinajstić information content (AvgIpc) is 3.04. The Morgan fingerprint density at radius 3 is 2.41 bits per heavy atom. The molecule has 4 heteroatoms. The number of nitrogen functional groups attached to an aromatic ring is 2. The van der Waals surface area contributed by atoms with Crippen LogP contribution in [0.2, 0.25) is 0 Å². The van der Waals surface area contributed by atoms with E-state index in [0.29, 0.717) is 0 Å². The number of ether oxygens (including phenoxy) is 1. The zero-order chi connectivity index (χ0) is 15.4. The Morgan fingerprint density at radius 2 is 1.68 bits per heavy atom. The lowest BCUT2D eigenvalue weighted by atomic mass is 10.0. The predicted molar refractivity (Wildman–Crippen MR) is 91.9 cm³/mol. The largest absolute Gasteiger partial charge is 0.492 e. The maximum atomic E-state index is 6.02. The number of anilines is 2. The summed E-state index contributed by atoms with van der Waals surface area (Å²) in [5, 5.41) is 0. The molecule has 2 aromatic rings. The zero-order valence-electron chi connectivity index (χ0n) is 12.8. The first-order chi connectivity index (χ1) is 10.7. The molecule has 4 nitrogen and oxygen atoms in total. The van der Waals surface area contributed by atoms with Crippen LogP contribution in [0.5, 0.6) is 5.75 Å². The average molecular weight is 297 g/mol. The summed E-state index contributed by atoms with van der Waals surface area (Å²) in [4.78, 5) is 2.45. The molecule has 1 heterocycles. The summed E-state index contributed by atoms with van der Waals surface area (Å²) in [5.41, 5.74) is 15.3. The molecule has 4 N–H and O–H groups in total. The van der Waals surface area contributed by atoms with E-state index in [9.17, 15) is 0 Å². The van der Waals surface area contributed by atoms with Crippen LogP contribution in [-0.2, 0) is 0 Å². The van der Waals surface area contributed by atoms with Crippen molar-refractivity contribution in [3.05, 3.63) is 42.5 Å². The second-order valence-corrected chi connectivity index (χ2v) is 5.77. The number of likely N-dealkylation sites (tertiary alicyclic amines) is 1. The van der Waals surface area contributed by atoms with Gasteiger partial charge in [-0.3, -0.25) is 4.90 Å². The van der Waals surface area contributed by atoms with E-state index in [1.165, 1.54) is 25.9 Å². The summed E-state index contributed by atoms with van der Waals surface area (Å²) in [6.07, 6.45) is 2.63. The first kappa shape index (κ1) is 14.7. The first-order valence-electron chi connectivity index (χ1n) is 7.83. The van der Waals surface area contributed by atoms with Gasteiger partial charge in [-0.2, -0.15) is 0 Å². The zero-order valence-corrected chi connectivity index (χ0v) is 12.8. The van der Waals surface area contributed by atoms with Gasteiger partial charge in [0.05, 0.1) is 0 Å². The fourth-order valence-electron chi connectivity index (χ4n) is 2.85. The molecule has 0 aliphatic carbocycles. The van der Waals surface area contributed by atoms with Crippen molar-refractivity contribution in [3.63, 3.8) is 0 Å². The van der Waals surface area contributed by atoms with Gasteiger partial charge in [0.15, 0.2) is 0 Å². The van der Waals surface area contributed by atoms with Crippen LogP contribution in [-0.4, -0.2) is 31.1 Å². The Kier molecular flexibility index (Phi) is 4.49. The van der Waals surface area contributed by atoms with E-state index < -0.39 is 0 Å². The van der Waals surface area contributed by atoms with Crippen LogP contribution in [0.15, 0.2) is 42.5 Å². The first-order valence-corrected chi connectivity index (χ1v) is 7.83. The van der Waals surface area contributed by atoms with Crippen molar-refractivity contribution in [1.29, 1.82) is 0 Å². The van der Waals surface area contributed by atoms with Crippen LogP contribution in [0.3, 0.4) is 0 Å². The molecule has 116 valence electrons. The smallest absolute Gasteiger partial charge is 0.119 e. The third kappa shape index (κ3) is 3.52. The van der Waals surface area contributed by atoms with Gasteiger partial charge in [-0.1, -0.05) is 12.1 Å². The minimum atomic E-state index is 0.718. The lowest BCUT2D eigenvalue weighted by molar-refractivity contribution is 0.238. The van der Waals surface area contributed by atoms with E-state index in [1.807, 2.05) is 42.5 Å². The Balaban J connectivity index is 1.61. The molecule has 3 rings (SSSR count). The van der Waals surface area contributed by atoms with Gasteiger partial charge in [0.2, 0.25) is 0 Å². The van der Waals surface area contributed by atoms with Gasteiger partial charge in [0.1, 0.15) is 12.4 Å². The minimum absolute atomic E-state index is 0.718. The van der Waals surface area contributed by atoms with Gasteiger partial charge in [0, 0.05) is 23.5 Å². The monoisotopic (exact) mass is 297 g/mol. The summed E-state index contributed by atoms with van der Waals surface area (Å²) in [5.74, 6) is 0.894. The fraction of sp³-hybridized carbons (Fsp3) is 0.333. The highest BCUT2D eigenvalue weighted by Gasteiger charge is 2.10. The highest BCUT2D eigenvalue weighted by Crippen LogP contribution is 2.29. The number of nitrogens with two attached hydrogens (primary N) is 2. The number of nitrogens with zero attached hydrogens (tertiary/aromatic N) is 1. The quantitative estimate of drug-likeness (QED) is 0.833. The highest BCUT2D eigenvalue weighted by atomic mass is 16.5. The van der Waals surface area contributed by atoms with E-state index in [1.54, 1.807) is 0 Å². The third-order valence-electron chi connectivity index (χ3n) is 4.12. The van der Waals surface area contributed by atoms with Crippen molar-refractivity contribution < 1.29 is 4.74 Å². The molecule has 0 atom stereocenters. The normalized spacial score (nSPS) is 15.1. The maximum absolute atomic E-state index is 6.02. The van der Waals surface area contributed by atoms with Crippen molar-refractivity contribution in [3.8, 4) is 16.9 Å². The topological polar surface area (TPSA) is 64.5 Å². The van der Waals surface area contributed by atoms with E-state index in [0.717, 1.165) is 41.4 Å². The second kappa shape index (κ2) is 6.71. The molecule has 1 aliphatic heterocycles. The van der Waals surface area contributed by atoms with Crippen molar-refractivity contribution in [2.45, 2.75) is 12.8 Å². The minimum Gasteiger partial charge on any atom is -0.492 e. The maximum Gasteiger partial charge on any atom is 0.119 e. The summed E-state index contributed by atoms with van der Waals surface area (Å²) in [6.45, 7) is 4.15. The van der Waals surface area contributed by atoms with Gasteiger partial charge in [-0.05, 0) is 61.8 Å². The second-order valence-electron chi connectivity index (χ2n) is 5.77. The van der Waals surface area contributed by atoms with Gasteiger partial charge in [0.25, 0.3) is 0 Å². The van der Waals surface area contributed by atoms with Crippen molar-refractivity contribution >= 4 is 11.4 Å². The van der Waals surface area contributed by atoms with E-state index in [-0.39, 0.29) is 0 Å². The van der Waals surface area contributed by atoms with Gasteiger partial charge < -0.3 is 16.2 Å². The highest BCUT2D eigenvalue weighted by molar-refractivity contribution is 5.79. The Morgan fingerprint density at radius 1 is 0.955 bits per heavy atom. The third-order valence-corrected chi connectivity index (χ3v) is 4.12. The molecular formula is C18H23N3O. The number of benzene rings is 2. The molecule has 0 amide bonds. The number of hydrogen-bond donors (Lipinski definition) is 2. The molecule has 1 saturated heterocycles. The molecule has 0 saturated carbocycles. The Labute approximate surface area is 131 Å². The lowest BCUT2D eigenvalue weighted by Crippen LogP contribution is -2.25. The molecule has 0 unspecified atom stereocenters. The van der Waals surface area contributed by atoms with Crippen molar-refractivity contribution in [1.82, 2.24) is 4.90 Å². The molecule has 0 aromatic heterocycles. The molecule has 0 radical (unpaired) electrons. The molecule has 1 aliphatic rings. The molecule has 2 aromatic carbocycles. The van der Waals surface area contributed by atoms with Crippen LogP contribution in [0.25, 0.3) is 11.1 Å². The standard InChI is InChI=1S/C18H23N3O/c19-15-5-8-18(20)17(13-15)14-3-6-16(7-4-14)22-12-11-21-9-1-2-10-21/h3-8,13H,1-2,9-12,19-20H2. The van der Waals surface area contributed by atoms with E-state index in [4.69, 9.17) is 16.2 Å². The van der Waals surface area contributed by atoms with Gasteiger partial charge in [-0.15, -0.1) is 0 Å². The SMILES string of the molecule is Nc1ccc(N)c(-c2ccc(OCCN3CCCC3)cc2)c1. The number of rotatable bonds is 5. The van der Waals surface area contributed by atoms with Crippen LogP contribution < -0.4 is 16.2 Å². The Hall–Kier alpha value is -2.20. The van der Waals surface area contributed by atoms with E-state index in [2.05, 4.69) is 4.90 Å². The molecule has 22 heavy (non-hydrogen) atoms. The summed E-state index contributed by atoms with van der Waals surface area (Å²) < 4.78 is 5.82. The number of hydrogen-bond acceptors (Lipinski definition) is 4. The van der Waals surface area contributed by atoms with Gasteiger partial charge >= 0.3 is 0 Å². The molecular weight excluding hydrogens is 274 g/mol. The molecule has 0 bridgehead atoms. The van der Waals surface area contributed by atoms with Crippen LogP contribution >= 0.6 is 0 Å². The van der Waals surface area contributed by atoms with Crippen LogP contribution in [0, 0.1) is 0 Å².